The normalized spacial score (nSPS) is 12.6. The van der Waals surface area contributed by atoms with Crippen molar-refractivity contribution in [2.45, 2.75) is 25.7 Å². The van der Waals surface area contributed by atoms with Gasteiger partial charge < -0.3 is 10.2 Å². The molecule has 0 aliphatic heterocycles. The van der Waals surface area contributed by atoms with Crippen LogP contribution in [0.5, 0.6) is 0 Å². The summed E-state index contributed by atoms with van der Waals surface area (Å²) in [5.41, 5.74) is 0.344. The fourth-order valence-corrected chi connectivity index (χ4v) is 2.30. The van der Waals surface area contributed by atoms with Crippen LogP contribution in [0.25, 0.3) is 0 Å². The smallest absolute Gasteiger partial charge is 0.334 e. The number of carbonyl (C=O) groups is 1. The Balaban J connectivity index is 1.98. The summed E-state index contributed by atoms with van der Waals surface area (Å²) in [4.78, 5) is 13.6. The lowest BCUT2D eigenvalue weighted by Crippen LogP contribution is -2.38. The van der Waals surface area contributed by atoms with Crippen LogP contribution in [-0.2, 0) is 12.7 Å². The summed E-state index contributed by atoms with van der Waals surface area (Å²) in [5.74, 6) is -0.368. The highest BCUT2D eigenvalue weighted by atomic mass is 19.4. The number of nitrogens with one attached hydrogen (secondary N) is 1. The minimum atomic E-state index is -4.42. The molecule has 0 spiro atoms. The number of halogens is 4. The first-order chi connectivity index (χ1) is 11.7. The number of carbonyl (C=O) groups excluding carboxylic acids is 1. The molecule has 0 fully saturated rings. The molecule has 2 rings (SSSR count). The van der Waals surface area contributed by atoms with Crippen LogP contribution >= 0.6 is 0 Å². The van der Waals surface area contributed by atoms with Gasteiger partial charge in [0, 0.05) is 13.6 Å². The van der Waals surface area contributed by atoms with Crippen molar-refractivity contribution >= 4 is 6.03 Å². The minimum absolute atomic E-state index is 0.0246. The zero-order chi connectivity index (χ0) is 18.6. The first kappa shape index (κ1) is 18.8. The Kier molecular flexibility index (Phi) is 5.66. The number of urea groups is 1. The van der Waals surface area contributed by atoms with Crippen LogP contribution in [0.2, 0.25) is 0 Å². The maximum absolute atomic E-state index is 13.0. The van der Waals surface area contributed by atoms with Gasteiger partial charge in [0.1, 0.15) is 5.82 Å². The summed E-state index contributed by atoms with van der Waals surface area (Å²) in [6.45, 7) is 1.75. The number of benzene rings is 2. The minimum Gasteiger partial charge on any atom is -0.334 e. The predicted molar refractivity (Wildman–Crippen MR) is 86.3 cm³/mol. The molecule has 0 heterocycles. The van der Waals surface area contributed by atoms with Crippen LogP contribution in [0, 0.1) is 5.82 Å². The maximum Gasteiger partial charge on any atom is 0.416 e. The van der Waals surface area contributed by atoms with E-state index >= 15 is 0 Å². The van der Waals surface area contributed by atoms with E-state index in [1.807, 2.05) is 0 Å². The Morgan fingerprint density at radius 3 is 2.40 bits per heavy atom. The quantitative estimate of drug-likeness (QED) is 0.790. The lowest BCUT2D eigenvalue weighted by molar-refractivity contribution is -0.137. The zero-order valence-corrected chi connectivity index (χ0v) is 13.8. The van der Waals surface area contributed by atoms with E-state index in [0.717, 1.165) is 17.7 Å². The van der Waals surface area contributed by atoms with Crippen LogP contribution < -0.4 is 5.32 Å². The molecule has 1 unspecified atom stereocenters. The van der Waals surface area contributed by atoms with Gasteiger partial charge >= 0.3 is 12.2 Å². The predicted octanol–water partition coefficient (Wildman–Crippen LogP) is 4.75. The van der Waals surface area contributed by atoms with Gasteiger partial charge in [-0.1, -0.05) is 24.3 Å². The summed E-state index contributed by atoms with van der Waals surface area (Å²) in [5, 5.41) is 2.58. The van der Waals surface area contributed by atoms with Crippen molar-refractivity contribution in [3.05, 3.63) is 71.0 Å². The summed E-state index contributed by atoms with van der Waals surface area (Å²) in [6, 6.07) is 9.82. The Morgan fingerprint density at radius 2 is 1.80 bits per heavy atom. The van der Waals surface area contributed by atoms with Crippen molar-refractivity contribution in [3.63, 3.8) is 0 Å². The van der Waals surface area contributed by atoms with Crippen LogP contribution in [0.3, 0.4) is 0 Å². The molecule has 25 heavy (non-hydrogen) atoms. The van der Waals surface area contributed by atoms with Gasteiger partial charge in [-0.2, -0.15) is 13.2 Å². The Labute approximate surface area is 143 Å². The molecule has 7 heteroatoms. The van der Waals surface area contributed by atoms with Crippen molar-refractivity contribution in [3.8, 4) is 0 Å². The molecule has 2 aromatic carbocycles. The zero-order valence-electron chi connectivity index (χ0n) is 13.8. The highest BCUT2D eigenvalue weighted by molar-refractivity contribution is 5.74. The SMILES string of the molecule is CC(c1ccc(F)cc1)N(C)C(=O)NCc1cccc(C(F)(F)F)c1. The van der Waals surface area contributed by atoms with Crippen molar-refractivity contribution in [1.82, 2.24) is 10.2 Å². The van der Waals surface area contributed by atoms with Gasteiger partial charge in [-0.15, -0.1) is 0 Å². The summed E-state index contributed by atoms with van der Waals surface area (Å²) < 4.78 is 51.0. The first-order valence-corrected chi connectivity index (χ1v) is 7.60. The molecule has 2 aromatic rings. The average molecular weight is 354 g/mol. The third-order valence-corrected chi connectivity index (χ3v) is 3.95. The van der Waals surface area contributed by atoms with Crippen molar-refractivity contribution < 1.29 is 22.4 Å². The van der Waals surface area contributed by atoms with E-state index < -0.39 is 17.8 Å². The average Bonchev–Trinajstić information content (AvgIpc) is 2.58. The summed E-state index contributed by atoms with van der Waals surface area (Å²) >= 11 is 0. The second-order valence-electron chi connectivity index (χ2n) is 5.70. The van der Waals surface area contributed by atoms with Gasteiger partial charge in [-0.05, 0) is 42.3 Å². The van der Waals surface area contributed by atoms with Gasteiger partial charge in [0.2, 0.25) is 0 Å². The van der Waals surface area contributed by atoms with Gasteiger partial charge in [0.25, 0.3) is 0 Å². The molecule has 0 aliphatic rings. The molecule has 3 nitrogen and oxygen atoms in total. The fourth-order valence-electron chi connectivity index (χ4n) is 2.30. The molecule has 0 saturated carbocycles. The van der Waals surface area contributed by atoms with E-state index in [4.69, 9.17) is 0 Å². The third kappa shape index (κ3) is 4.95. The highest BCUT2D eigenvalue weighted by Crippen LogP contribution is 2.29. The molecule has 1 atom stereocenters. The van der Waals surface area contributed by atoms with E-state index in [1.165, 1.54) is 29.2 Å². The second-order valence-corrected chi connectivity index (χ2v) is 5.70. The highest BCUT2D eigenvalue weighted by Gasteiger charge is 2.30. The molecule has 0 saturated heterocycles. The Bertz CT molecular complexity index is 729. The van der Waals surface area contributed by atoms with Gasteiger partial charge in [-0.25, -0.2) is 9.18 Å². The molecule has 0 bridgehead atoms. The third-order valence-electron chi connectivity index (χ3n) is 3.95. The lowest BCUT2D eigenvalue weighted by Gasteiger charge is -2.25. The Morgan fingerprint density at radius 1 is 1.16 bits per heavy atom. The number of hydrogen-bond acceptors (Lipinski definition) is 1. The van der Waals surface area contributed by atoms with Crippen molar-refractivity contribution in [1.29, 1.82) is 0 Å². The van der Waals surface area contributed by atoms with Crippen molar-refractivity contribution in [2.24, 2.45) is 0 Å². The second kappa shape index (κ2) is 7.55. The van der Waals surface area contributed by atoms with Gasteiger partial charge in [0.05, 0.1) is 11.6 Å². The number of nitrogens with zero attached hydrogens (tertiary/aromatic N) is 1. The van der Waals surface area contributed by atoms with E-state index in [0.29, 0.717) is 5.56 Å². The van der Waals surface area contributed by atoms with E-state index in [-0.39, 0.29) is 18.4 Å². The number of alkyl halides is 3. The molecule has 134 valence electrons. The van der Waals surface area contributed by atoms with Crippen LogP contribution in [-0.4, -0.2) is 18.0 Å². The largest absolute Gasteiger partial charge is 0.416 e. The first-order valence-electron chi connectivity index (χ1n) is 7.60. The van der Waals surface area contributed by atoms with E-state index in [2.05, 4.69) is 5.32 Å². The fraction of sp³-hybridized carbons (Fsp3) is 0.278. The van der Waals surface area contributed by atoms with Crippen molar-refractivity contribution in [2.75, 3.05) is 7.05 Å². The summed E-state index contributed by atoms with van der Waals surface area (Å²) in [7, 11) is 1.56. The lowest BCUT2D eigenvalue weighted by atomic mass is 10.1. The van der Waals surface area contributed by atoms with Crippen LogP contribution in [0.15, 0.2) is 48.5 Å². The monoisotopic (exact) mass is 354 g/mol. The van der Waals surface area contributed by atoms with Crippen LogP contribution in [0.4, 0.5) is 22.4 Å². The van der Waals surface area contributed by atoms with Gasteiger partial charge in [-0.3, -0.25) is 0 Å². The number of amides is 2. The van der Waals surface area contributed by atoms with E-state index in [1.54, 1.807) is 26.1 Å². The van der Waals surface area contributed by atoms with E-state index in [9.17, 15) is 22.4 Å². The molecule has 0 aliphatic carbocycles. The molecule has 0 radical (unpaired) electrons. The number of rotatable bonds is 4. The van der Waals surface area contributed by atoms with Crippen LogP contribution in [0.1, 0.15) is 29.7 Å². The number of hydrogen-bond donors (Lipinski definition) is 1. The standard InChI is InChI=1S/C18H18F4N2O/c1-12(14-6-8-16(19)9-7-14)24(2)17(25)23-11-13-4-3-5-15(10-13)18(20,21)22/h3-10,12H,11H2,1-2H3,(H,23,25). The van der Waals surface area contributed by atoms with Gasteiger partial charge in [0.15, 0.2) is 0 Å². The maximum atomic E-state index is 13.0. The Hall–Kier alpha value is -2.57. The molecule has 1 N–H and O–H groups in total. The summed E-state index contributed by atoms with van der Waals surface area (Å²) in [6.07, 6.45) is -4.42. The molecular weight excluding hydrogens is 336 g/mol. The molecule has 2 amide bonds. The molecule has 0 aromatic heterocycles. The topological polar surface area (TPSA) is 32.3 Å². The molecular formula is C18H18F4N2O.